The lowest BCUT2D eigenvalue weighted by Gasteiger charge is -2.18. The van der Waals surface area contributed by atoms with E-state index in [0.29, 0.717) is 18.7 Å². The van der Waals surface area contributed by atoms with Gasteiger partial charge in [0.2, 0.25) is 0 Å². The molecule has 0 aromatic rings. The van der Waals surface area contributed by atoms with E-state index in [-0.39, 0.29) is 0 Å². The molecule has 0 fully saturated rings. The van der Waals surface area contributed by atoms with Crippen molar-refractivity contribution in [1.29, 1.82) is 0 Å². The van der Waals surface area contributed by atoms with Gasteiger partial charge in [0.1, 0.15) is 0 Å². The normalized spacial score (nSPS) is 25.1. The third-order valence-corrected chi connectivity index (χ3v) is 4.07. The molecule has 0 bridgehead atoms. The maximum absolute atomic E-state index is 11.5. The van der Waals surface area contributed by atoms with Gasteiger partial charge in [0.25, 0.3) is 0 Å². The molecular formula is C11H21O3P. The molecule has 1 aliphatic carbocycles. The molecule has 88 valence electrons. The molecular weight excluding hydrogens is 211 g/mol. The van der Waals surface area contributed by atoms with Gasteiger partial charge in [0.15, 0.2) is 0 Å². The minimum atomic E-state index is -3.31. The monoisotopic (exact) mass is 232 g/mol. The van der Waals surface area contributed by atoms with Gasteiger partial charge in [-0.2, -0.15) is 0 Å². The van der Waals surface area contributed by atoms with Gasteiger partial charge in [0.05, 0.1) is 6.61 Å². The number of rotatable bonds is 6. The topological polar surface area (TPSA) is 46.5 Å². The molecule has 0 saturated heterocycles. The van der Waals surface area contributed by atoms with Crippen molar-refractivity contribution in [3.63, 3.8) is 0 Å². The second kappa shape index (κ2) is 6.47. The fourth-order valence-electron chi connectivity index (χ4n) is 1.66. The van der Waals surface area contributed by atoms with E-state index in [1.807, 2.05) is 6.92 Å². The van der Waals surface area contributed by atoms with E-state index in [2.05, 4.69) is 12.2 Å². The summed E-state index contributed by atoms with van der Waals surface area (Å²) in [5, 5.41) is 0. The first-order chi connectivity index (χ1) is 7.14. The first kappa shape index (κ1) is 13.0. The van der Waals surface area contributed by atoms with E-state index in [0.717, 1.165) is 32.1 Å². The van der Waals surface area contributed by atoms with Crippen LogP contribution in [0.3, 0.4) is 0 Å². The highest BCUT2D eigenvalue weighted by Gasteiger charge is 2.20. The van der Waals surface area contributed by atoms with Crippen molar-refractivity contribution >= 4 is 7.60 Å². The van der Waals surface area contributed by atoms with Crippen molar-refractivity contribution in [3.05, 3.63) is 12.2 Å². The average molecular weight is 232 g/mol. The summed E-state index contributed by atoms with van der Waals surface area (Å²) < 4.78 is 16.7. The summed E-state index contributed by atoms with van der Waals surface area (Å²) in [6.07, 6.45) is 9.57. The van der Waals surface area contributed by atoms with Gasteiger partial charge in [-0.15, -0.1) is 0 Å². The van der Waals surface area contributed by atoms with Crippen LogP contribution in [0.4, 0.5) is 0 Å². The van der Waals surface area contributed by atoms with Crippen LogP contribution in [0, 0.1) is 5.92 Å². The molecule has 3 nitrogen and oxygen atoms in total. The molecule has 4 heteroatoms. The van der Waals surface area contributed by atoms with Crippen molar-refractivity contribution < 1.29 is 14.0 Å². The molecule has 1 rings (SSSR count). The number of hydrogen-bond acceptors (Lipinski definition) is 2. The largest absolute Gasteiger partial charge is 0.328 e. The van der Waals surface area contributed by atoms with Crippen LogP contribution in [-0.2, 0) is 9.09 Å². The Morgan fingerprint density at radius 2 is 2.40 bits per heavy atom. The minimum absolute atomic E-state index is 0.292. The van der Waals surface area contributed by atoms with Crippen LogP contribution in [0.1, 0.15) is 39.0 Å². The maximum Gasteiger partial charge on any atom is 0.328 e. The Labute approximate surface area is 92.1 Å². The third-order valence-electron chi connectivity index (χ3n) is 2.64. The number of allylic oxidation sites excluding steroid dienone is 1. The molecule has 0 radical (unpaired) electrons. The zero-order chi connectivity index (χ0) is 11.1. The average Bonchev–Trinajstić information content (AvgIpc) is 2.25. The molecule has 0 aliphatic heterocycles. The lowest BCUT2D eigenvalue weighted by Crippen LogP contribution is -2.09. The van der Waals surface area contributed by atoms with Crippen LogP contribution >= 0.6 is 7.60 Å². The molecule has 2 unspecified atom stereocenters. The van der Waals surface area contributed by atoms with Gasteiger partial charge >= 0.3 is 7.60 Å². The second-order valence-corrected chi connectivity index (χ2v) is 6.11. The van der Waals surface area contributed by atoms with E-state index in [4.69, 9.17) is 4.52 Å². The molecule has 1 aliphatic rings. The molecule has 0 aromatic heterocycles. The minimum Gasteiger partial charge on any atom is -0.324 e. The fraction of sp³-hybridized carbons (Fsp3) is 0.818. The molecule has 1 N–H and O–H groups in total. The van der Waals surface area contributed by atoms with Gasteiger partial charge in [-0.1, -0.05) is 25.5 Å². The SMILES string of the molecule is CCCCP(=O)(O)OCC1C=CCCC1. The Hall–Kier alpha value is -0.110. The van der Waals surface area contributed by atoms with Crippen molar-refractivity contribution in [2.75, 3.05) is 12.8 Å². The highest BCUT2D eigenvalue weighted by Crippen LogP contribution is 2.43. The van der Waals surface area contributed by atoms with Crippen LogP contribution in [0.2, 0.25) is 0 Å². The van der Waals surface area contributed by atoms with E-state index >= 15 is 0 Å². The summed E-state index contributed by atoms with van der Waals surface area (Å²) in [5.41, 5.74) is 0. The molecule has 15 heavy (non-hydrogen) atoms. The van der Waals surface area contributed by atoms with Crippen LogP contribution in [-0.4, -0.2) is 17.7 Å². The first-order valence-corrected chi connectivity index (χ1v) is 7.53. The third kappa shape index (κ3) is 5.50. The molecule has 0 aromatic carbocycles. The number of hydrogen-bond donors (Lipinski definition) is 1. The highest BCUT2D eigenvalue weighted by molar-refractivity contribution is 7.52. The summed E-state index contributed by atoms with van der Waals surface area (Å²) in [4.78, 5) is 9.49. The van der Waals surface area contributed by atoms with Crippen LogP contribution in [0.25, 0.3) is 0 Å². The Morgan fingerprint density at radius 1 is 1.60 bits per heavy atom. The lowest BCUT2D eigenvalue weighted by molar-refractivity contribution is 0.224. The van der Waals surface area contributed by atoms with Gasteiger partial charge < -0.3 is 9.42 Å². The standard InChI is InChI=1S/C11H21O3P/c1-2-3-9-15(12,13)14-10-11-7-5-4-6-8-11/h5,7,11H,2-4,6,8-10H2,1H3,(H,12,13). The van der Waals surface area contributed by atoms with Crippen molar-refractivity contribution in [2.24, 2.45) is 5.92 Å². The predicted octanol–water partition coefficient (Wildman–Crippen LogP) is 3.34. The Balaban J connectivity index is 2.25. The summed E-state index contributed by atoms with van der Waals surface area (Å²) in [7, 11) is -3.31. The van der Waals surface area contributed by atoms with Crippen LogP contribution < -0.4 is 0 Å². The zero-order valence-electron chi connectivity index (χ0n) is 9.39. The van der Waals surface area contributed by atoms with E-state index in [1.54, 1.807) is 0 Å². The molecule has 0 spiro atoms. The van der Waals surface area contributed by atoms with Gasteiger partial charge in [-0.25, -0.2) is 0 Å². The Kier molecular flexibility index (Phi) is 5.59. The smallest absolute Gasteiger partial charge is 0.324 e. The summed E-state index contributed by atoms with van der Waals surface area (Å²) >= 11 is 0. The highest BCUT2D eigenvalue weighted by atomic mass is 31.2. The lowest BCUT2D eigenvalue weighted by atomic mass is 9.97. The Morgan fingerprint density at radius 3 is 3.00 bits per heavy atom. The molecule has 2 atom stereocenters. The first-order valence-electron chi connectivity index (χ1n) is 5.77. The van der Waals surface area contributed by atoms with Crippen molar-refractivity contribution in [1.82, 2.24) is 0 Å². The number of unbranched alkanes of at least 4 members (excludes halogenated alkanes) is 1. The van der Waals surface area contributed by atoms with Crippen molar-refractivity contribution in [2.45, 2.75) is 39.0 Å². The fourth-order valence-corrected chi connectivity index (χ4v) is 2.93. The summed E-state index contributed by atoms with van der Waals surface area (Å²) in [6, 6.07) is 0. The Bertz CT molecular complexity index is 250. The predicted molar refractivity (Wildman–Crippen MR) is 62.0 cm³/mol. The van der Waals surface area contributed by atoms with Gasteiger partial charge in [-0.05, 0) is 25.7 Å². The molecule has 0 amide bonds. The second-order valence-electron chi connectivity index (χ2n) is 4.13. The van der Waals surface area contributed by atoms with E-state index < -0.39 is 7.60 Å². The van der Waals surface area contributed by atoms with E-state index in [9.17, 15) is 9.46 Å². The van der Waals surface area contributed by atoms with Gasteiger partial charge in [0, 0.05) is 12.1 Å². The molecule has 0 heterocycles. The van der Waals surface area contributed by atoms with Crippen LogP contribution in [0.5, 0.6) is 0 Å². The molecule has 0 saturated carbocycles. The zero-order valence-corrected chi connectivity index (χ0v) is 10.3. The van der Waals surface area contributed by atoms with Crippen LogP contribution in [0.15, 0.2) is 12.2 Å². The maximum atomic E-state index is 11.5. The summed E-state index contributed by atoms with van der Waals surface area (Å²) in [5.74, 6) is 0.334. The van der Waals surface area contributed by atoms with E-state index in [1.165, 1.54) is 0 Å². The van der Waals surface area contributed by atoms with Gasteiger partial charge in [-0.3, -0.25) is 4.57 Å². The van der Waals surface area contributed by atoms with Crippen molar-refractivity contribution in [3.8, 4) is 0 Å². The summed E-state index contributed by atoms with van der Waals surface area (Å²) in [6.45, 7) is 2.40. The quantitative estimate of drug-likeness (QED) is 0.564.